The van der Waals surface area contributed by atoms with Gasteiger partial charge in [0.25, 0.3) is 10.0 Å². The molecule has 2 aromatic heterocycles. The molecule has 212 valence electrons. The van der Waals surface area contributed by atoms with E-state index in [0.29, 0.717) is 29.4 Å². The average Bonchev–Trinajstić information content (AvgIpc) is 2.94. The number of aromatic nitrogens is 4. The first-order chi connectivity index (χ1) is 19.1. The molecule has 0 fully saturated rings. The van der Waals surface area contributed by atoms with Crippen LogP contribution in [-0.4, -0.2) is 56.8 Å². The van der Waals surface area contributed by atoms with E-state index in [9.17, 15) is 8.42 Å². The second-order valence-electron chi connectivity index (χ2n) is 7.96. The topological polar surface area (TPSA) is 213 Å². The van der Waals surface area contributed by atoms with Crippen molar-refractivity contribution in [2.75, 3.05) is 50.4 Å². The third kappa shape index (κ3) is 7.73. The molecule has 4 rings (SSSR count). The summed E-state index contributed by atoms with van der Waals surface area (Å²) in [6.07, 6.45) is 2.24. The summed E-state index contributed by atoms with van der Waals surface area (Å²) in [4.78, 5) is 15.7. The fraction of sp³-hybridized carbons (Fsp3) is 0.200. The predicted molar refractivity (Wildman–Crippen MR) is 150 cm³/mol. The largest absolute Gasteiger partial charge is 0.493 e. The van der Waals surface area contributed by atoms with Crippen LogP contribution in [0.4, 0.5) is 23.3 Å². The summed E-state index contributed by atoms with van der Waals surface area (Å²) in [7, 11) is 2.18. The maximum atomic E-state index is 12.2. The predicted octanol–water partition coefficient (Wildman–Crippen LogP) is 2.13. The molecule has 0 spiro atoms. The van der Waals surface area contributed by atoms with Crippen molar-refractivity contribution >= 4 is 33.3 Å². The van der Waals surface area contributed by atoms with Crippen molar-refractivity contribution in [3.63, 3.8) is 0 Å². The van der Waals surface area contributed by atoms with Crippen LogP contribution in [0.5, 0.6) is 23.4 Å². The van der Waals surface area contributed by atoms with Gasteiger partial charge in [-0.2, -0.15) is 15.0 Å². The molecule has 0 aliphatic carbocycles. The zero-order valence-electron chi connectivity index (χ0n) is 22.3. The number of nitrogens with zero attached hydrogens (tertiary/aromatic N) is 4. The SMILES string of the molecule is COc1cc(NS(=O)(=O)c2ccc(N)cc2)nc(OC)n1.COc1ccc(Cc2cnc(N)nc2N)cc1OC. The molecule has 4 aromatic rings. The molecule has 0 bridgehead atoms. The normalized spacial score (nSPS) is 10.6. The Kier molecular flexibility index (Phi) is 9.70. The van der Waals surface area contributed by atoms with Crippen LogP contribution < -0.4 is 40.9 Å². The highest BCUT2D eigenvalue weighted by Crippen LogP contribution is 2.29. The van der Waals surface area contributed by atoms with Crippen molar-refractivity contribution in [3.05, 3.63) is 65.9 Å². The summed E-state index contributed by atoms with van der Waals surface area (Å²) < 4.78 is 47.0. The van der Waals surface area contributed by atoms with Gasteiger partial charge >= 0.3 is 6.01 Å². The molecule has 15 heteroatoms. The summed E-state index contributed by atoms with van der Waals surface area (Å²) in [6, 6.07) is 12.8. The maximum absolute atomic E-state index is 12.2. The Morgan fingerprint density at radius 1 is 0.800 bits per heavy atom. The van der Waals surface area contributed by atoms with E-state index in [1.165, 1.54) is 44.6 Å². The molecule has 0 amide bonds. The smallest absolute Gasteiger partial charge is 0.321 e. The van der Waals surface area contributed by atoms with E-state index in [1.807, 2.05) is 18.2 Å². The van der Waals surface area contributed by atoms with Crippen molar-refractivity contribution in [2.45, 2.75) is 11.3 Å². The minimum atomic E-state index is -3.79. The standard InChI is InChI=1S/C13H16N4O2.C12H14N4O4S/c1-18-10-4-3-8(6-11(10)19-2)5-9-7-16-13(15)17-12(9)14;1-19-11-7-10(14-12(15-11)20-2)16-21(17,18)9-5-3-8(13)4-6-9/h3-4,6-7H,5H2,1-2H3,(H4,14,15,16,17);3-7H,13H2,1-2H3,(H,14,15,16). The molecular weight excluding hydrogens is 540 g/mol. The first kappa shape index (κ1) is 29.5. The lowest BCUT2D eigenvalue weighted by Crippen LogP contribution is -2.14. The lowest BCUT2D eigenvalue weighted by atomic mass is 10.1. The number of methoxy groups -OCH3 is 4. The van der Waals surface area contributed by atoms with E-state index >= 15 is 0 Å². The number of ether oxygens (including phenoxy) is 4. The quantitative estimate of drug-likeness (QED) is 0.213. The van der Waals surface area contributed by atoms with Gasteiger partial charge in [0.05, 0.1) is 33.3 Å². The summed E-state index contributed by atoms with van der Waals surface area (Å²) in [5.74, 6) is 2.14. The van der Waals surface area contributed by atoms with Gasteiger partial charge in [-0.25, -0.2) is 13.4 Å². The van der Waals surface area contributed by atoms with Gasteiger partial charge in [0, 0.05) is 29.9 Å². The third-order valence-corrected chi connectivity index (χ3v) is 6.63. The lowest BCUT2D eigenvalue weighted by molar-refractivity contribution is 0.353. The number of nitrogen functional groups attached to an aromatic ring is 3. The van der Waals surface area contributed by atoms with Crippen LogP contribution in [0.25, 0.3) is 0 Å². The highest BCUT2D eigenvalue weighted by atomic mass is 32.2. The third-order valence-electron chi connectivity index (χ3n) is 5.26. The number of nitrogens with one attached hydrogen (secondary N) is 1. The molecule has 40 heavy (non-hydrogen) atoms. The number of sulfonamides is 1. The molecule has 0 radical (unpaired) electrons. The first-order valence-corrected chi connectivity index (χ1v) is 13.0. The van der Waals surface area contributed by atoms with Gasteiger partial charge in [-0.05, 0) is 42.0 Å². The summed E-state index contributed by atoms with van der Waals surface area (Å²) in [5, 5.41) is 0. The van der Waals surface area contributed by atoms with E-state index in [1.54, 1.807) is 20.4 Å². The molecule has 0 aliphatic heterocycles. The van der Waals surface area contributed by atoms with E-state index in [0.717, 1.165) is 11.1 Å². The van der Waals surface area contributed by atoms with Crippen molar-refractivity contribution in [3.8, 4) is 23.4 Å². The average molecular weight is 571 g/mol. The zero-order valence-corrected chi connectivity index (χ0v) is 23.1. The van der Waals surface area contributed by atoms with Crippen molar-refractivity contribution in [2.24, 2.45) is 0 Å². The summed E-state index contributed by atoms with van der Waals surface area (Å²) >= 11 is 0. The molecule has 0 aliphatic rings. The molecule has 2 aromatic carbocycles. The van der Waals surface area contributed by atoms with E-state index in [4.69, 9.17) is 36.1 Å². The van der Waals surface area contributed by atoms with Gasteiger partial charge in [-0.1, -0.05) is 6.07 Å². The van der Waals surface area contributed by atoms with Crippen LogP contribution in [0.15, 0.2) is 59.6 Å². The Morgan fingerprint density at radius 3 is 2.10 bits per heavy atom. The van der Waals surface area contributed by atoms with Gasteiger partial charge in [0.15, 0.2) is 17.3 Å². The van der Waals surface area contributed by atoms with Crippen LogP contribution in [0.2, 0.25) is 0 Å². The highest BCUT2D eigenvalue weighted by Gasteiger charge is 2.16. The van der Waals surface area contributed by atoms with Gasteiger partial charge in [-0.15, -0.1) is 0 Å². The molecule has 0 saturated heterocycles. The van der Waals surface area contributed by atoms with E-state index < -0.39 is 10.0 Å². The van der Waals surface area contributed by atoms with E-state index in [2.05, 4.69) is 24.7 Å². The van der Waals surface area contributed by atoms with Crippen molar-refractivity contribution in [1.82, 2.24) is 19.9 Å². The first-order valence-electron chi connectivity index (χ1n) is 11.5. The lowest BCUT2D eigenvalue weighted by Gasteiger charge is -2.10. The monoisotopic (exact) mass is 570 g/mol. The number of hydrogen-bond acceptors (Lipinski definition) is 13. The van der Waals surface area contributed by atoms with Crippen LogP contribution in [-0.2, 0) is 16.4 Å². The molecule has 14 nitrogen and oxygen atoms in total. The number of anilines is 4. The number of hydrogen-bond donors (Lipinski definition) is 4. The number of rotatable bonds is 9. The second-order valence-corrected chi connectivity index (χ2v) is 9.64. The Balaban J connectivity index is 0.000000222. The molecule has 0 atom stereocenters. The van der Waals surface area contributed by atoms with Crippen molar-refractivity contribution in [1.29, 1.82) is 0 Å². The maximum Gasteiger partial charge on any atom is 0.321 e. The van der Waals surface area contributed by atoms with Gasteiger partial charge < -0.3 is 36.1 Å². The number of nitrogens with two attached hydrogens (primary N) is 3. The minimum absolute atomic E-state index is 0.00986. The van der Waals surface area contributed by atoms with Gasteiger partial charge in [0.1, 0.15) is 5.82 Å². The van der Waals surface area contributed by atoms with Crippen molar-refractivity contribution < 1.29 is 27.4 Å². The fourth-order valence-corrected chi connectivity index (χ4v) is 4.27. The Morgan fingerprint density at radius 2 is 1.50 bits per heavy atom. The Bertz CT molecular complexity index is 1530. The zero-order chi connectivity index (χ0) is 29.3. The van der Waals surface area contributed by atoms with Crippen LogP contribution in [0.3, 0.4) is 0 Å². The molecular formula is C25H30N8O6S. The molecule has 0 unspecified atom stereocenters. The second kappa shape index (κ2) is 13.1. The molecule has 0 saturated carbocycles. The highest BCUT2D eigenvalue weighted by molar-refractivity contribution is 7.92. The minimum Gasteiger partial charge on any atom is -0.493 e. The summed E-state index contributed by atoms with van der Waals surface area (Å²) in [6.45, 7) is 0. The van der Waals surface area contributed by atoms with Crippen LogP contribution in [0, 0.1) is 0 Å². The number of benzene rings is 2. The fourth-order valence-electron chi connectivity index (χ4n) is 3.28. The Hall–Kier alpha value is -5.05. The summed E-state index contributed by atoms with van der Waals surface area (Å²) in [5.41, 5.74) is 19.1. The van der Waals surface area contributed by atoms with Crippen LogP contribution in [0.1, 0.15) is 11.1 Å². The van der Waals surface area contributed by atoms with Gasteiger partial charge in [0.2, 0.25) is 11.8 Å². The molecule has 2 heterocycles. The molecule has 7 N–H and O–H groups in total. The van der Waals surface area contributed by atoms with Gasteiger partial charge in [-0.3, -0.25) is 4.72 Å². The van der Waals surface area contributed by atoms with Crippen LogP contribution >= 0.6 is 0 Å². The van der Waals surface area contributed by atoms with E-state index in [-0.39, 0.29) is 28.6 Å². The Labute approximate surface area is 231 Å².